The molecule has 3 rings (SSSR count). The number of rotatable bonds is 7. The number of hydrogen-bond acceptors (Lipinski definition) is 4. The molecule has 0 amide bonds. The van der Waals surface area contributed by atoms with E-state index in [1.54, 1.807) is 42.5 Å². The summed E-state index contributed by atoms with van der Waals surface area (Å²) in [5.74, 6) is 1.27. The maximum Gasteiger partial charge on any atom is 0.193 e. The molecule has 3 aromatic rings. The zero-order valence-electron chi connectivity index (χ0n) is 17.1. The van der Waals surface area contributed by atoms with Crippen molar-refractivity contribution in [2.75, 3.05) is 6.61 Å². The number of phenolic OH excluding ortho intramolecular Hbond substituents is 1. The molecule has 4 heteroatoms. The van der Waals surface area contributed by atoms with E-state index >= 15 is 0 Å². The lowest BCUT2D eigenvalue weighted by Gasteiger charge is -2.07. The van der Waals surface area contributed by atoms with E-state index in [2.05, 4.69) is 32.9 Å². The SMILES string of the molecule is CC(C)=CCCC(C)=CCOc1ccc2c(=O)cc(-c3ccc(O)cc3)oc2c1. The second kappa shape index (κ2) is 9.28. The molecule has 1 heterocycles. The minimum Gasteiger partial charge on any atom is -0.508 e. The largest absolute Gasteiger partial charge is 0.508 e. The second-order valence-corrected chi connectivity index (χ2v) is 7.36. The normalized spacial score (nSPS) is 11.5. The third kappa shape index (κ3) is 5.61. The van der Waals surface area contributed by atoms with Crippen molar-refractivity contribution < 1.29 is 14.3 Å². The number of allylic oxidation sites excluding steroid dienone is 3. The maximum absolute atomic E-state index is 12.4. The van der Waals surface area contributed by atoms with Gasteiger partial charge in [0.2, 0.25) is 0 Å². The van der Waals surface area contributed by atoms with E-state index < -0.39 is 0 Å². The lowest BCUT2D eigenvalue weighted by molar-refractivity contribution is 0.361. The van der Waals surface area contributed by atoms with Gasteiger partial charge in [0, 0.05) is 17.7 Å². The molecule has 2 aromatic carbocycles. The van der Waals surface area contributed by atoms with Gasteiger partial charge < -0.3 is 14.3 Å². The highest BCUT2D eigenvalue weighted by Crippen LogP contribution is 2.26. The molecule has 0 aliphatic rings. The molecule has 0 spiro atoms. The molecular weight excluding hydrogens is 364 g/mol. The van der Waals surface area contributed by atoms with Gasteiger partial charge >= 0.3 is 0 Å². The molecule has 1 aromatic heterocycles. The van der Waals surface area contributed by atoms with Gasteiger partial charge in [-0.3, -0.25) is 4.79 Å². The van der Waals surface area contributed by atoms with Gasteiger partial charge in [-0.15, -0.1) is 0 Å². The van der Waals surface area contributed by atoms with Crippen molar-refractivity contribution in [3.63, 3.8) is 0 Å². The number of hydrogen-bond donors (Lipinski definition) is 1. The fraction of sp³-hybridized carbons (Fsp3) is 0.240. The van der Waals surface area contributed by atoms with Crippen molar-refractivity contribution in [2.45, 2.75) is 33.6 Å². The maximum atomic E-state index is 12.4. The van der Waals surface area contributed by atoms with E-state index in [-0.39, 0.29) is 11.2 Å². The molecule has 0 bridgehead atoms. The van der Waals surface area contributed by atoms with Gasteiger partial charge in [-0.2, -0.15) is 0 Å². The van der Waals surface area contributed by atoms with E-state index in [0.29, 0.717) is 29.1 Å². The van der Waals surface area contributed by atoms with Crippen molar-refractivity contribution in [1.29, 1.82) is 0 Å². The first-order valence-electron chi connectivity index (χ1n) is 9.71. The van der Waals surface area contributed by atoms with Crippen molar-refractivity contribution in [2.24, 2.45) is 0 Å². The molecule has 0 unspecified atom stereocenters. The van der Waals surface area contributed by atoms with E-state index in [9.17, 15) is 9.90 Å². The predicted molar refractivity (Wildman–Crippen MR) is 118 cm³/mol. The van der Waals surface area contributed by atoms with Gasteiger partial charge in [-0.1, -0.05) is 17.2 Å². The summed E-state index contributed by atoms with van der Waals surface area (Å²) in [5, 5.41) is 9.95. The van der Waals surface area contributed by atoms with E-state index in [1.165, 1.54) is 17.2 Å². The van der Waals surface area contributed by atoms with E-state index in [0.717, 1.165) is 18.4 Å². The molecular formula is C25H26O4. The van der Waals surface area contributed by atoms with Crippen LogP contribution in [0.25, 0.3) is 22.3 Å². The Morgan fingerprint density at radius 3 is 2.52 bits per heavy atom. The fourth-order valence-corrected chi connectivity index (χ4v) is 2.96. The van der Waals surface area contributed by atoms with Crippen LogP contribution >= 0.6 is 0 Å². The van der Waals surface area contributed by atoms with Gasteiger partial charge in [0.1, 0.15) is 29.4 Å². The number of aromatic hydroxyl groups is 1. The fourth-order valence-electron chi connectivity index (χ4n) is 2.96. The third-order valence-electron chi connectivity index (χ3n) is 4.63. The van der Waals surface area contributed by atoms with Crippen LogP contribution in [0.5, 0.6) is 11.5 Å². The zero-order valence-corrected chi connectivity index (χ0v) is 17.1. The highest BCUT2D eigenvalue weighted by atomic mass is 16.5. The van der Waals surface area contributed by atoms with Gasteiger partial charge in [0.25, 0.3) is 0 Å². The van der Waals surface area contributed by atoms with Gasteiger partial charge in [0.05, 0.1) is 5.39 Å². The predicted octanol–water partition coefficient (Wildman–Crippen LogP) is 6.24. The van der Waals surface area contributed by atoms with E-state index in [4.69, 9.17) is 9.15 Å². The Bertz CT molecular complexity index is 1100. The van der Waals surface area contributed by atoms with Crippen LogP contribution in [0, 0.1) is 0 Å². The average Bonchev–Trinajstić information content (AvgIpc) is 2.68. The summed E-state index contributed by atoms with van der Waals surface area (Å²) in [7, 11) is 0. The second-order valence-electron chi connectivity index (χ2n) is 7.36. The van der Waals surface area contributed by atoms with Crippen LogP contribution in [0.2, 0.25) is 0 Å². The van der Waals surface area contributed by atoms with Crippen LogP contribution in [0.1, 0.15) is 33.6 Å². The highest BCUT2D eigenvalue weighted by Gasteiger charge is 2.08. The Kier molecular flexibility index (Phi) is 6.55. The molecule has 1 N–H and O–H groups in total. The Labute approximate surface area is 170 Å². The third-order valence-corrected chi connectivity index (χ3v) is 4.63. The number of fused-ring (bicyclic) bond motifs is 1. The minimum absolute atomic E-state index is 0.115. The summed E-state index contributed by atoms with van der Waals surface area (Å²) in [6.07, 6.45) is 6.35. The van der Waals surface area contributed by atoms with Gasteiger partial charge in [-0.05, 0) is 76.1 Å². The number of phenols is 1. The monoisotopic (exact) mass is 390 g/mol. The summed E-state index contributed by atoms with van der Waals surface area (Å²) in [6.45, 7) is 6.78. The van der Waals surface area contributed by atoms with Crippen molar-refractivity contribution >= 4 is 11.0 Å². The molecule has 4 nitrogen and oxygen atoms in total. The average molecular weight is 390 g/mol. The van der Waals surface area contributed by atoms with Crippen molar-refractivity contribution in [3.8, 4) is 22.8 Å². The highest BCUT2D eigenvalue weighted by molar-refractivity contribution is 5.80. The molecule has 0 radical (unpaired) electrons. The first-order valence-corrected chi connectivity index (χ1v) is 9.71. The zero-order chi connectivity index (χ0) is 20.8. The smallest absolute Gasteiger partial charge is 0.193 e. The lowest BCUT2D eigenvalue weighted by Crippen LogP contribution is -2.01. The van der Waals surface area contributed by atoms with Crippen LogP contribution in [0.4, 0.5) is 0 Å². The topological polar surface area (TPSA) is 59.7 Å². The molecule has 0 saturated carbocycles. The Hall–Kier alpha value is -3.27. The lowest BCUT2D eigenvalue weighted by atomic mass is 10.1. The molecule has 150 valence electrons. The Balaban J connectivity index is 1.76. The summed E-state index contributed by atoms with van der Waals surface area (Å²) < 4.78 is 11.8. The molecule has 0 aliphatic carbocycles. The molecule has 29 heavy (non-hydrogen) atoms. The van der Waals surface area contributed by atoms with Crippen LogP contribution < -0.4 is 10.2 Å². The summed E-state index contributed by atoms with van der Waals surface area (Å²) in [4.78, 5) is 12.4. The first-order chi connectivity index (χ1) is 13.9. The van der Waals surface area contributed by atoms with Crippen LogP contribution in [-0.4, -0.2) is 11.7 Å². The minimum atomic E-state index is -0.115. The van der Waals surface area contributed by atoms with Gasteiger partial charge in [-0.25, -0.2) is 0 Å². The Morgan fingerprint density at radius 2 is 1.79 bits per heavy atom. The van der Waals surface area contributed by atoms with Crippen LogP contribution in [-0.2, 0) is 0 Å². The van der Waals surface area contributed by atoms with E-state index in [1.807, 2.05) is 0 Å². The van der Waals surface area contributed by atoms with Gasteiger partial charge in [0.15, 0.2) is 5.43 Å². The molecule has 0 atom stereocenters. The molecule has 0 aliphatic heterocycles. The number of benzene rings is 2. The summed E-state index contributed by atoms with van der Waals surface area (Å²) >= 11 is 0. The summed E-state index contributed by atoms with van der Waals surface area (Å²) in [6, 6.07) is 13.3. The summed E-state index contributed by atoms with van der Waals surface area (Å²) in [5.41, 5.74) is 3.70. The van der Waals surface area contributed by atoms with Crippen LogP contribution in [0.3, 0.4) is 0 Å². The standard InChI is InChI=1S/C25H26O4/c1-17(2)5-4-6-18(3)13-14-28-21-11-12-22-23(27)16-24(29-25(22)15-21)19-7-9-20(26)10-8-19/h5,7-13,15-16,26H,4,6,14H2,1-3H3. The molecule has 0 fully saturated rings. The van der Waals surface area contributed by atoms with Crippen molar-refractivity contribution in [3.05, 3.63) is 82.1 Å². The number of ether oxygens (including phenoxy) is 1. The Morgan fingerprint density at radius 1 is 1.03 bits per heavy atom. The van der Waals surface area contributed by atoms with Crippen LogP contribution in [0.15, 0.2) is 81.0 Å². The van der Waals surface area contributed by atoms with Crippen molar-refractivity contribution in [1.82, 2.24) is 0 Å². The molecule has 0 saturated heterocycles. The quantitative estimate of drug-likeness (QED) is 0.485. The first kappa shape index (κ1) is 20.5.